The number of piperazine rings is 1. The maximum atomic E-state index is 10.9. The Morgan fingerprint density at radius 1 is 1.20 bits per heavy atom. The average Bonchev–Trinajstić information content (AvgIpc) is 2.50. The molecule has 1 aromatic heterocycles. The highest BCUT2D eigenvalue weighted by molar-refractivity contribution is 5.92. The van der Waals surface area contributed by atoms with Gasteiger partial charge in [-0.15, -0.1) is 0 Å². The topological polar surface area (TPSA) is 62.5 Å². The largest absolute Gasteiger partial charge is 0.366 e. The van der Waals surface area contributed by atoms with Gasteiger partial charge in [-0.3, -0.25) is 14.7 Å². The number of primary amides is 1. The summed E-state index contributed by atoms with van der Waals surface area (Å²) >= 11 is 0. The van der Waals surface area contributed by atoms with Crippen LogP contribution in [0.1, 0.15) is 36.8 Å². The Labute approximate surface area is 121 Å². The van der Waals surface area contributed by atoms with E-state index in [0.717, 1.165) is 45.0 Å². The first-order valence-corrected chi connectivity index (χ1v) is 7.38. The molecule has 1 saturated heterocycles. The summed E-state index contributed by atoms with van der Waals surface area (Å²) in [7, 11) is 0. The molecule has 0 unspecified atom stereocenters. The van der Waals surface area contributed by atoms with Crippen LogP contribution in [-0.2, 0) is 6.54 Å². The number of amides is 1. The van der Waals surface area contributed by atoms with Crippen molar-refractivity contribution in [3.05, 3.63) is 29.6 Å². The first-order valence-electron chi connectivity index (χ1n) is 7.38. The van der Waals surface area contributed by atoms with Gasteiger partial charge in [0, 0.05) is 38.9 Å². The summed E-state index contributed by atoms with van der Waals surface area (Å²) < 4.78 is 0. The van der Waals surface area contributed by atoms with Gasteiger partial charge in [-0.25, -0.2) is 0 Å². The molecule has 112 valence electrons. The molecule has 0 aliphatic carbocycles. The number of nitrogens with zero attached hydrogens (tertiary/aromatic N) is 3. The van der Waals surface area contributed by atoms with Gasteiger partial charge in [-0.05, 0) is 18.7 Å². The third-order valence-electron chi connectivity index (χ3n) is 3.41. The van der Waals surface area contributed by atoms with Crippen LogP contribution in [0, 0.1) is 0 Å². The fourth-order valence-corrected chi connectivity index (χ4v) is 2.16. The molecule has 2 rings (SSSR count). The minimum absolute atomic E-state index is 0.425. The first kappa shape index (κ1) is 16.6. The van der Waals surface area contributed by atoms with Crippen molar-refractivity contribution in [3.63, 3.8) is 0 Å². The predicted octanol–water partition coefficient (Wildman–Crippen LogP) is 1.34. The molecule has 0 aromatic carbocycles. The Hall–Kier alpha value is -1.46. The molecule has 2 N–H and O–H groups in total. The molecular weight excluding hydrogens is 252 g/mol. The highest BCUT2D eigenvalue weighted by Gasteiger charge is 2.15. The van der Waals surface area contributed by atoms with Crippen LogP contribution in [0.2, 0.25) is 0 Å². The highest BCUT2D eigenvalue weighted by atomic mass is 16.1. The number of hydrogen-bond donors (Lipinski definition) is 1. The summed E-state index contributed by atoms with van der Waals surface area (Å²) in [5.74, 6) is -0.425. The number of rotatable bonds is 4. The van der Waals surface area contributed by atoms with Crippen LogP contribution < -0.4 is 5.73 Å². The molecule has 5 nitrogen and oxygen atoms in total. The zero-order valence-corrected chi connectivity index (χ0v) is 12.8. The molecule has 0 atom stereocenters. The van der Waals surface area contributed by atoms with E-state index in [1.165, 1.54) is 0 Å². The van der Waals surface area contributed by atoms with E-state index in [4.69, 9.17) is 5.73 Å². The van der Waals surface area contributed by atoms with Crippen molar-refractivity contribution in [2.45, 2.75) is 27.3 Å². The van der Waals surface area contributed by atoms with E-state index < -0.39 is 5.91 Å². The van der Waals surface area contributed by atoms with E-state index in [9.17, 15) is 4.79 Å². The van der Waals surface area contributed by atoms with E-state index >= 15 is 0 Å². The molecule has 1 fully saturated rings. The lowest BCUT2D eigenvalue weighted by molar-refractivity contribution is 0.1000. The van der Waals surface area contributed by atoms with Crippen molar-refractivity contribution in [2.24, 2.45) is 5.73 Å². The summed E-state index contributed by atoms with van der Waals surface area (Å²) in [4.78, 5) is 20.0. The number of carbonyl (C=O) groups is 1. The van der Waals surface area contributed by atoms with Gasteiger partial charge in [0.25, 0.3) is 0 Å². The fourth-order valence-electron chi connectivity index (χ4n) is 2.16. The first-order chi connectivity index (χ1) is 9.69. The summed E-state index contributed by atoms with van der Waals surface area (Å²) in [6.07, 6.45) is 1.56. The molecule has 0 spiro atoms. The van der Waals surface area contributed by atoms with Crippen LogP contribution >= 0.6 is 0 Å². The van der Waals surface area contributed by atoms with Gasteiger partial charge < -0.3 is 10.6 Å². The monoisotopic (exact) mass is 278 g/mol. The Balaban J connectivity index is 0.000000956. The molecule has 2 heterocycles. The smallest absolute Gasteiger partial charge is 0.250 e. The van der Waals surface area contributed by atoms with E-state index in [2.05, 4.69) is 21.7 Å². The molecule has 1 aliphatic rings. The van der Waals surface area contributed by atoms with E-state index in [-0.39, 0.29) is 0 Å². The second kappa shape index (κ2) is 8.66. The highest BCUT2D eigenvalue weighted by Crippen LogP contribution is 2.07. The average molecular weight is 278 g/mol. The summed E-state index contributed by atoms with van der Waals surface area (Å²) in [5, 5.41) is 0. The van der Waals surface area contributed by atoms with E-state index in [1.807, 2.05) is 19.9 Å². The molecule has 20 heavy (non-hydrogen) atoms. The lowest BCUT2D eigenvalue weighted by Crippen LogP contribution is -2.45. The molecule has 0 saturated carbocycles. The lowest BCUT2D eigenvalue weighted by atomic mass is 10.2. The van der Waals surface area contributed by atoms with Gasteiger partial charge in [0.1, 0.15) is 0 Å². The van der Waals surface area contributed by atoms with Crippen molar-refractivity contribution < 1.29 is 4.79 Å². The van der Waals surface area contributed by atoms with E-state index in [1.54, 1.807) is 12.3 Å². The van der Waals surface area contributed by atoms with Gasteiger partial charge in [-0.1, -0.05) is 20.8 Å². The summed E-state index contributed by atoms with van der Waals surface area (Å²) in [6, 6.07) is 3.62. The van der Waals surface area contributed by atoms with Gasteiger partial charge in [-0.2, -0.15) is 0 Å². The molecule has 0 radical (unpaired) electrons. The van der Waals surface area contributed by atoms with Crippen molar-refractivity contribution in [1.29, 1.82) is 0 Å². The number of aromatic nitrogens is 1. The Morgan fingerprint density at radius 2 is 1.80 bits per heavy atom. The van der Waals surface area contributed by atoms with Crippen molar-refractivity contribution in [3.8, 4) is 0 Å². The normalized spacial score (nSPS) is 16.4. The third-order valence-corrected chi connectivity index (χ3v) is 3.41. The van der Waals surface area contributed by atoms with Gasteiger partial charge in [0.2, 0.25) is 5.91 Å². The zero-order chi connectivity index (χ0) is 15.0. The second-order valence-electron chi connectivity index (χ2n) is 4.61. The zero-order valence-electron chi connectivity index (χ0n) is 12.8. The lowest BCUT2D eigenvalue weighted by Gasteiger charge is -2.33. The molecule has 1 amide bonds. The van der Waals surface area contributed by atoms with Crippen LogP contribution in [-0.4, -0.2) is 53.4 Å². The van der Waals surface area contributed by atoms with Crippen LogP contribution in [0.5, 0.6) is 0 Å². The summed E-state index contributed by atoms with van der Waals surface area (Å²) in [5.41, 5.74) is 6.64. The molecular formula is C15H26N4O. The van der Waals surface area contributed by atoms with Crippen molar-refractivity contribution in [2.75, 3.05) is 32.7 Å². The standard InChI is InChI=1S/C13H20N4O.C2H6/c1-2-16-5-7-17(8-6-16)10-12-4-3-11(9-15-12)13(14)18;1-2/h3-4,9H,2,5-8,10H2,1H3,(H2,14,18);1-2H3. The van der Waals surface area contributed by atoms with Crippen molar-refractivity contribution in [1.82, 2.24) is 14.8 Å². The summed E-state index contributed by atoms with van der Waals surface area (Å²) in [6.45, 7) is 12.6. The molecule has 5 heteroatoms. The van der Waals surface area contributed by atoms with Crippen LogP contribution in [0.4, 0.5) is 0 Å². The number of nitrogens with two attached hydrogens (primary N) is 1. The second-order valence-corrected chi connectivity index (χ2v) is 4.61. The predicted molar refractivity (Wildman–Crippen MR) is 81.5 cm³/mol. The Bertz CT molecular complexity index is 397. The minimum Gasteiger partial charge on any atom is -0.366 e. The fraction of sp³-hybridized carbons (Fsp3) is 0.600. The quantitative estimate of drug-likeness (QED) is 0.903. The Kier molecular flexibility index (Phi) is 7.18. The van der Waals surface area contributed by atoms with Crippen molar-refractivity contribution >= 4 is 5.91 Å². The van der Waals surface area contributed by atoms with Crippen LogP contribution in [0.3, 0.4) is 0 Å². The minimum atomic E-state index is -0.425. The molecule has 0 bridgehead atoms. The van der Waals surface area contributed by atoms with Gasteiger partial charge >= 0.3 is 0 Å². The molecule has 1 aliphatic heterocycles. The molecule has 1 aromatic rings. The van der Waals surface area contributed by atoms with E-state index in [0.29, 0.717) is 5.56 Å². The van der Waals surface area contributed by atoms with Gasteiger partial charge in [0.15, 0.2) is 0 Å². The maximum absolute atomic E-state index is 10.9. The number of pyridine rings is 1. The Morgan fingerprint density at radius 3 is 2.25 bits per heavy atom. The van der Waals surface area contributed by atoms with Crippen LogP contribution in [0.25, 0.3) is 0 Å². The maximum Gasteiger partial charge on any atom is 0.250 e. The third kappa shape index (κ3) is 4.90. The van der Waals surface area contributed by atoms with Gasteiger partial charge in [0.05, 0.1) is 11.3 Å². The SMILES string of the molecule is CC.CCN1CCN(Cc2ccc(C(N)=O)cn2)CC1. The number of hydrogen-bond acceptors (Lipinski definition) is 4. The number of likely N-dealkylation sites (N-methyl/N-ethyl adjacent to an activating group) is 1. The van der Waals surface area contributed by atoms with Crippen LogP contribution in [0.15, 0.2) is 18.3 Å². The number of carbonyl (C=O) groups excluding carboxylic acids is 1.